The molecule has 0 aliphatic carbocycles. The topological polar surface area (TPSA) is 38.3 Å². The summed E-state index contributed by atoms with van der Waals surface area (Å²) in [6, 6.07) is 9.70. The van der Waals surface area contributed by atoms with Crippen molar-refractivity contribution in [3.63, 3.8) is 0 Å². The molecule has 0 aromatic heterocycles. The second kappa shape index (κ2) is 6.25. The number of ether oxygens (including phenoxy) is 1. The van der Waals surface area contributed by atoms with Gasteiger partial charge in [0.05, 0.1) is 12.2 Å². The summed E-state index contributed by atoms with van der Waals surface area (Å²) < 4.78 is 31.5. The molecule has 104 valence electrons. The van der Waals surface area contributed by atoms with Crippen molar-refractivity contribution in [2.24, 2.45) is 0 Å². The second-order valence-corrected chi connectivity index (χ2v) is 4.21. The van der Waals surface area contributed by atoms with Crippen LogP contribution >= 0.6 is 0 Å². The van der Waals surface area contributed by atoms with Gasteiger partial charge in [-0.25, -0.2) is 8.78 Å². The normalized spacial score (nSPS) is 10.3. The Balaban J connectivity index is 2.19. The highest BCUT2D eigenvalue weighted by molar-refractivity contribution is 6.04. The van der Waals surface area contributed by atoms with E-state index in [0.29, 0.717) is 12.3 Å². The Labute approximate surface area is 115 Å². The van der Waals surface area contributed by atoms with Crippen LogP contribution in [0.1, 0.15) is 15.9 Å². The third kappa shape index (κ3) is 3.39. The molecule has 0 saturated heterocycles. The van der Waals surface area contributed by atoms with Crippen molar-refractivity contribution in [2.75, 3.05) is 12.4 Å². The van der Waals surface area contributed by atoms with E-state index in [-0.39, 0.29) is 5.56 Å². The van der Waals surface area contributed by atoms with Crippen LogP contribution in [0.4, 0.5) is 14.5 Å². The number of carbonyl (C=O) groups excluding carboxylic acids is 1. The van der Waals surface area contributed by atoms with Gasteiger partial charge in [-0.15, -0.1) is 0 Å². The van der Waals surface area contributed by atoms with Crippen molar-refractivity contribution in [1.82, 2.24) is 0 Å². The number of rotatable bonds is 4. The van der Waals surface area contributed by atoms with Gasteiger partial charge in [0, 0.05) is 12.8 Å². The van der Waals surface area contributed by atoms with Crippen LogP contribution in [-0.4, -0.2) is 13.0 Å². The van der Waals surface area contributed by atoms with E-state index >= 15 is 0 Å². The summed E-state index contributed by atoms with van der Waals surface area (Å²) in [7, 11) is 1.56. The van der Waals surface area contributed by atoms with Gasteiger partial charge in [-0.1, -0.05) is 12.1 Å². The van der Waals surface area contributed by atoms with Gasteiger partial charge >= 0.3 is 0 Å². The lowest BCUT2D eigenvalue weighted by molar-refractivity contribution is 0.102. The number of anilines is 1. The van der Waals surface area contributed by atoms with Gasteiger partial charge in [-0.2, -0.15) is 0 Å². The van der Waals surface area contributed by atoms with E-state index in [4.69, 9.17) is 4.74 Å². The molecule has 0 unspecified atom stereocenters. The van der Waals surface area contributed by atoms with E-state index in [0.717, 1.165) is 23.8 Å². The highest BCUT2D eigenvalue weighted by Crippen LogP contribution is 2.15. The highest BCUT2D eigenvalue weighted by Gasteiger charge is 2.13. The minimum absolute atomic E-state index is 0.331. The highest BCUT2D eigenvalue weighted by atomic mass is 19.1. The van der Waals surface area contributed by atoms with Crippen LogP contribution in [0.5, 0.6) is 0 Å². The predicted molar refractivity (Wildman–Crippen MR) is 71.5 cm³/mol. The number of carbonyl (C=O) groups is 1. The molecule has 5 heteroatoms. The largest absolute Gasteiger partial charge is 0.380 e. The van der Waals surface area contributed by atoms with Gasteiger partial charge in [0.15, 0.2) is 0 Å². The number of amides is 1. The number of halogens is 2. The van der Waals surface area contributed by atoms with Gasteiger partial charge in [-0.3, -0.25) is 4.79 Å². The number of nitrogens with one attached hydrogen (secondary N) is 1. The molecule has 0 heterocycles. The lowest BCUT2D eigenvalue weighted by atomic mass is 10.1. The maximum Gasteiger partial charge on any atom is 0.258 e. The molecule has 0 fully saturated rings. The van der Waals surface area contributed by atoms with Crippen LogP contribution < -0.4 is 5.32 Å². The van der Waals surface area contributed by atoms with Crippen molar-refractivity contribution in [2.45, 2.75) is 6.61 Å². The van der Waals surface area contributed by atoms with Crippen LogP contribution in [0.3, 0.4) is 0 Å². The smallest absolute Gasteiger partial charge is 0.258 e. The van der Waals surface area contributed by atoms with Crippen molar-refractivity contribution in [3.05, 3.63) is 65.2 Å². The first-order chi connectivity index (χ1) is 9.60. The minimum Gasteiger partial charge on any atom is -0.380 e. The van der Waals surface area contributed by atoms with Crippen molar-refractivity contribution < 1.29 is 18.3 Å². The monoisotopic (exact) mass is 277 g/mol. The first-order valence-corrected chi connectivity index (χ1v) is 5.94. The first kappa shape index (κ1) is 14.1. The Hall–Kier alpha value is -2.27. The van der Waals surface area contributed by atoms with Gasteiger partial charge in [0.2, 0.25) is 0 Å². The molecule has 0 saturated carbocycles. The molecule has 0 spiro atoms. The maximum absolute atomic E-state index is 13.5. The van der Waals surface area contributed by atoms with E-state index < -0.39 is 17.5 Å². The van der Waals surface area contributed by atoms with Gasteiger partial charge in [0.25, 0.3) is 5.91 Å². The van der Waals surface area contributed by atoms with Crippen LogP contribution in [0, 0.1) is 11.6 Å². The number of hydrogen-bond donors (Lipinski definition) is 1. The first-order valence-electron chi connectivity index (χ1n) is 5.94. The molecule has 1 N–H and O–H groups in total. The van der Waals surface area contributed by atoms with Gasteiger partial charge < -0.3 is 10.1 Å². The standard InChI is InChI=1S/C15H13F2NO2/c1-20-9-10-3-2-4-12(7-10)18-15(19)13-8-11(16)5-6-14(13)17/h2-8H,9H2,1H3,(H,18,19). The van der Waals surface area contributed by atoms with Gasteiger partial charge in [0.1, 0.15) is 11.6 Å². The third-order valence-electron chi connectivity index (χ3n) is 2.67. The lowest BCUT2D eigenvalue weighted by Gasteiger charge is -2.08. The van der Waals surface area contributed by atoms with Crippen molar-refractivity contribution in [1.29, 1.82) is 0 Å². The Morgan fingerprint density at radius 1 is 1.20 bits per heavy atom. The summed E-state index contributed by atoms with van der Waals surface area (Å²) in [6.07, 6.45) is 0. The van der Waals surface area contributed by atoms with E-state index in [1.165, 1.54) is 0 Å². The quantitative estimate of drug-likeness (QED) is 0.930. The maximum atomic E-state index is 13.5. The molecule has 2 rings (SSSR count). The fraction of sp³-hybridized carbons (Fsp3) is 0.133. The van der Waals surface area contributed by atoms with E-state index in [9.17, 15) is 13.6 Å². The molecular weight excluding hydrogens is 264 g/mol. The Kier molecular flexibility index (Phi) is 4.42. The molecule has 0 radical (unpaired) electrons. The van der Waals surface area contributed by atoms with Crippen molar-refractivity contribution in [3.8, 4) is 0 Å². The lowest BCUT2D eigenvalue weighted by Crippen LogP contribution is -2.14. The Morgan fingerprint density at radius 3 is 2.75 bits per heavy atom. The fourth-order valence-corrected chi connectivity index (χ4v) is 1.78. The zero-order valence-corrected chi connectivity index (χ0v) is 10.8. The average Bonchev–Trinajstić information content (AvgIpc) is 2.42. The molecule has 0 atom stereocenters. The molecular formula is C15H13F2NO2. The van der Waals surface area contributed by atoms with E-state index in [1.54, 1.807) is 25.3 Å². The minimum atomic E-state index is -0.767. The summed E-state index contributed by atoms with van der Waals surface area (Å²) in [5.41, 5.74) is 1.03. The van der Waals surface area contributed by atoms with E-state index in [2.05, 4.69) is 5.32 Å². The Morgan fingerprint density at radius 2 is 2.00 bits per heavy atom. The van der Waals surface area contributed by atoms with E-state index in [1.807, 2.05) is 6.07 Å². The molecule has 3 nitrogen and oxygen atoms in total. The van der Waals surface area contributed by atoms with Crippen LogP contribution in [0.25, 0.3) is 0 Å². The molecule has 2 aromatic carbocycles. The number of benzene rings is 2. The van der Waals surface area contributed by atoms with Crippen LogP contribution in [0.2, 0.25) is 0 Å². The van der Waals surface area contributed by atoms with Crippen LogP contribution in [0.15, 0.2) is 42.5 Å². The molecule has 0 bridgehead atoms. The summed E-state index contributed by atoms with van der Waals surface area (Å²) in [4.78, 5) is 11.9. The van der Waals surface area contributed by atoms with Crippen molar-refractivity contribution >= 4 is 11.6 Å². The molecule has 2 aromatic rings. The summed E-state index contributed by atoms with van der Waals surface area (Å²) in [6.45, 7) is 0.401. The Bertz CT molecular complexity index is 629. The summed E-state index contributed by atoms with van der Waals surface area (Å²) in [5, 5.41) is 2.52. The molecule has 1 amide bonds. The molecule has 20 heavy (non-hydrogen) atoms. The predicted octanol–water partition coefficient (Wildman–Crippen LogP) is 3.36. The zero-order valence-electron chi connectivity index (χ0n) is 10.8. The number of methoxy groups -OCH3 is 1. The summed E-state index contributed by atoms with van der Waals surface area (Å²) in [5.74, 6) is -2.13. The fourth-order valence-electron chi connectivity index (χ4n) is 1.78. The third-order valence-corrected chi connectivity index (χ3v) is 2.67. The summed E-state index contributed by atoms with van der Waals surface area (Å²) >= 11 is 0. The molecule has 0 aliphatic heterocycles. The zero-order chi connectivity index (χ0) is 14.5. The number of hydrogen-bond acceptors (Lipinski definition) is 2. The van der Waals surface area contributed by atoms with Crippen LogP contribution in [-0.2, 0) is 11.3 Å². The average molecular weight is 277 g/mol. The van der Waals surface area contributed by atoms with Gasteiger partial charge in [-0.05, 0) is 35.9 Å². The molecule has 0 aliphatic rings. The second-order valence-electron chi connectivity index (χ2n) is 4.21. The SMILES string of the molecule is COCc1cccc(NC(=O)c2cc(F)ccc2F)c1.